The summed E-state index contributed by atoms with van der Waals surface area (Å²) in [6.45, 7) is 3.71. The predicted octanol–water partition coefficient (Wildman–Crippen LogP) is 0.433. The minimum Gasteiger partial charge on any atom is -0.371 e. The first kappa shape index (κ1) is 11.8. The van der Waals surface area contributed by atoms with E-state index in [-0.39, 0.29) is 24.3 Å². The Kier molecular flexibility index (Phi) is 4.15. The van der Waals surface area contributed by atoms with Crippen LogP contribution in [0.2, 0.25) is 0 Å². The Morgan fingerprint density at radius 2 is 2.19 bits per heavy atom. The number of rotatable bonds is 3. The van der Waals surface area contributed by atoms with Crippen molar-refractivity contribution in [2.24, 2.45) is 0 Å². The summed E-state index contributed by atoms with van der Waals surface area (Å²) >= 11 is 0. The van der Waals surface area contributed by atoms with Gasteiger partial charge < -0.3 is 19.5 Å². The first-order chi connectivity index (χ1) is 7.79. The van der Waals surface area contributed by atoms with Crippen molar-refractivity contribution < 1.29 is 19.0 Å². The number of carbonyl (C=O) groups is 1. The van der Waals surface area contributed by atoms with Crippen molar-refractivity contribution in [3.63, 3.8) is 0 Å². The summed E-state index contributed by atoms with van der Waals surface area (Å²) in [7, 11) is 0. The fourth-order valence-corrected chi connectivity index (χ4v) is 1.90. The monoisotopic (exact) mass is 229 g/mol. The van der Waals surface area contributed by atoms with Gasteiger partial charge in [0.2, 0.25) is 0 Å². The van der Waals surface area contributed by atoms with Crippen molar-refractivity contribution in [3.05, 3.63) is 0 Å². The predicted molar refractivity (Wildman–Crippen MR) is 56.9 cm³/mol. The van der Waals surface area contributed by atoms with Gasteiger partial charge in [-0.2, -0.15) is 0 Å². The van der Waals surface area contributed by atoms with Crippen molar-refractivity contribution >= 4 is 5.91 Å². The highest BCUT2D eigenvalue weighted by molar-refractivity contribution is 5.81. The van der Waals surface area contributed by atoms with E-state index in [4.69, 9.17) is 14.2 Å². The van der Waals surface area contributed by atoms with Crippen LogP contribution in [0.25, 0.3) is 0 Å². The largest absolute Gasteiger partial charge is 0.371 e. The third-order valence-electron chi connectivity index (χ3n) is 2.95. The summed E-state index contributed by atoms with van der Waals surface area (Å²) in [4.78, 5) is 11.7. The number of hydrogen-bond donors (Lipinski definition) is 1. The van der Waals surface area contributed by atoms with Crippen LogP contribution in [-0.2, 0) is 19.0 Å². The number of amides is 1. The molecule has 16 heavy (non-hydrogen) atoms. The van der Waals surface area contributed by atoms with Gasteiger partial charge in [-0.1, -0.05) is 6.92 Å². The van der Waals surface area contributed by atoms with Crippen LogP contribution in [0.1, 0.15) is 26.2 Å². The highest BCUT2D eigenvalue weighted by atomic mass is 16.6. The Bertz CT molecular complexity index is 232. The van der Waals surface area contributed by atoms with Crippen LogP contribution < -0.4 is 5.32 Å². The fourth-order valence-electron chi connectivity index (χ4n) is 1.90. The third kappa shape index (κ3) is 2.93. The topological polar surface area (TPSA) is 56.8 Å². The van der Waals surface area contributed by atoms with Crippen LogP contribution in [0.3, 0.4) is 0 Å². The SMILES string of the molecule is CCC1COC(NC(=O)C2CCCO2)CO1. The summed E-state index contributed by atoms with van der Waals surface area (Å²) in [6.07, 6.45) is 2.24. The second kappa shape index (κ2) is 5.61. The van der Waals surface area contributed by atoms with Crippen LogP contribution >= 0.6 is 0 Å². The molecule has 5 heteroatoms. The van der Waals surface area contributed by atoms with E-state index in [0.717, 1.165) is 19.3 Å². The molecule has 2 rings (SSSR count). The molecule has 1 amide bonds. The second-order valence-corrected chi connectivity index (χ2v) is 4.20. The number of carbonyl (C=O) groups excluding carboxylic acids is 1. The van der Waals surface area contributed by atoms with Gasteiger partial charge in [0, 0.05) is 6.61 Å². The Balaban J connectivity index is 1.71. The summed E-state index contributed by atoms with van der Waals surface area (Å²) in [5, 5.41) is 2.79. The zero-order valence-corrected chi connectivity index (χ0v) is 9.61. The lowest BCUT2D eigenvalue weighted by molar-refractivity contribution is -0.158. The third-order valence-corrected chi connectivity index (χ3v) is 2.95. The molecular formula is C11H19NO4. The van der Waals surface area contributed by atoms with Gasteiger partial charge >= 0.3 is 0 Å². The maximum atomic E-state index is 11.7. The van der Waals surface area contributed by atoms with Gasteiger partial charge in [0.15, 0.2) is 6.23 Å². The van der Waals surface area contributed by atoms with Crippen molar-refractivity contribution in [1.29, 1.82) is 0 Å². The van der Waals surface area contributed by atoms with E-state index in [1.165, 1.54) is 0 Å². The van der Waals surface area contributed by atoms with E-state index < -0.39 is 0 Å². The molecular weight excluding hydrogens is 210 g/mol. The molecule has 2 aliphatic heterocycles. The van der Waals surface area contributed by atoms with E-state index in [2.05, 4.69) is 12.2 Å². The molecule has 2 saturated heterocycles. The maximum Gasteiger partial charge on any atom is 0.251 e. The highest BCUT2D eigenvalue weighted by Crippen LogP contribution is 2.13. The van der Waals surface area contributed by atoms with Gasteiger partial charge in [0.1, 0.15) is 6.10 Å². The van der Waals surface area contributed by atoms with Crippen molar-refractivity contribution in [2.75, 3.05) is 19.8 Å². The molecule has 0 bridgehead atoms. The first-order valence-corrected chi connectivity index (χ1v) is 5.94. The van der Waals surface area contributed by atoms with Crippen molar-refractivity contribution in [3.8, 4) is 0 Å². The van der Waals surface area contributed by atoms with E-state index in [1.807, 2.05) is 0 Å². The average Bonchev–Trinajstić information content (AvgIpc) is 2.83. The molecule has 2 heterocycles. The molecule has 5 nitrogen and oxygen atoms in total. The average molecular weight is 229 g/mol. The zero-order chi connectivity index (χ0) is 11.4. The molecule has 92 valence electrons. The maximum absolute atomic E-state index is 11.7. The minimum absolute atomic E-state index is 0.0824. The van der Waals surface area contributed by atoms with Gasteiger partial charge in [-0.15, -0.1) is 0 Å². The summed E-state index contributed by atoms with van der Waals surface area (Å²) in [5.41, 5.74) is 0. The smallest absolute Gasteiger partial charge is 0.251 e. The van der Waals surface area contributed by atoms with Crippen LogP contribution in [0, 0.1) is 0 Å². The summed E-state index contributed by atoms with van der Waals surface area (Å²) < 4.78 is 16.3. The van der Waals surface area contributed by atoms with Crippen LogP contribution in [-0.4, -0.2) is 44.2 Å². The van der Waals surface area contributed by atoms with E-state index in [1.54, 1.807) is 0 Å². The fraction of sp³-hybridized carbons (Fsp3) is 0.909. The van der Waals surface area contributed by atoms with Gasteiger partial charge in [-0.05, 0) is 19.3 Å². The molecule has 0 aromatic heterocycles. The molecule has 0 aromatic rings. The Hall–Kier alpha value is -0.650. The molecule has 0 aromatic carbocycles. The van der Waals surface area contributed by atoms with Gasteiger partial charge in [0.05, 0.1) is 19.3 Å². The first-order valence-electron chi connectivity index (χ1n) is 5.94. The lowest BCUT2D eigenvalue weighted by Gasteiger charge is -2.29. The molecule has 0 aliphatic carbocycles. The molecule has 2 aliphatic rings. The molecule has 2 fully saturated rings. The Labute approximate surface area is 95.4 Å². The lowest BCUT2D eigenvalue weighted by atomic mass is 10.2. The van der Waals surface area contributed by atoms with Crippen molar-refractivity contribution in [2.45, 2.75) is 44.6 Å². The standard InChI is InChI=1S/C11H19NO4/c1-2-8-6-16-10(7-15-8)12-11(13)9-4-3-5-14-9/h8-10H,2-7H2,1H3,(H,12,13). The highest BCUT2D eigenvalue weighted by Gasteiger charge is 2.28. The van der Waals surface area contributed by atoms with E-state index in [9.17, 15) is 4.79 Å². The van der Waals surface area contributed by atoms with Crippen LogP contribution in [0.15, 0.2) is 0 Å². The molecule has 0 saturated carbocycles. The number of hydrogen-bond acceptors (Lipinski definition) is 4. The van der Waals surface area contributed by atoms with Crippen LogP contribution in [0.4, 0.5) is 0 Å². The Morgan fingerprint density at radius 3 is 2.75 bits per heavy atom. The molecule has 3 unspecified atom stereocenters. The van der Waals surface area contributed by atoms with E-state index in [0.29, 0.717) is 19.8 Å². The Morgan fingerprint density at radius 1 is 1.31 bits per heavy atom. The second-order valence-electron chi connectivity index (χ2n) is 4.20. The molecule has 1 N–H and O–H groups in total. The van der Waals surface area contributed by atoms with Gasteiger partial charge in [-0.3, -0.25) is 4.79 Å². The lowest BCUT2D eigenvalue weighted by Crippen LogP contribution is -2.49. The normalized spacial score (nSPS) is 34.9. The zero-order valence-electron chi connectivity index (χ0n) is 9.61. The molecule has 0 radical (unpaired) electrons. The van der Waals surface area contributed by atoms with E-state index >= 15 is 0 Å². The van der Waals surface area contributed by atoms with Gasteiger partial charge in [-0.25, -0.2) is 0 Å². The van der Waals surface area contributed by atoms with Gasteiger partial charge in [0.25, 0.3) is 5.91 Å². The molecule has 0 spiro atoms. The quantitative estimate of drug-likeness (QED) is 0.762. The molecule has 3 atom stereocenters. The summed E-state index contributed by atoms with van der Waals surface area (Å²) in [6, 6.07) is 0. The minimum atomic E-state index is -0.320. The van der Waals surface area contributed by atoms with Crippen LogP contribution in [0.5, 0.6) is 0 Å². The summed E-state index contributed by atoms with van der Waals surface area (Å²) in [5.74, 6) is -0.0824. The number of ether oxygens (including phenoxy) is 3. The van der Waals surface area contributed by atoms with Crippen molar-refractivity contribution in [1.82, 2.24) is 5.32 Å². The number of nitrogens with one attached hydrogen (secondary N) is 1.